The number of hydrogen-bond donors (Lipinski definition) is 0. The molecule has 3 aliphatic rings. The largest absolute Gasteiger partial charge is 0.347 e. The second-order valence-corrected chi connectivity index (χ2v) is 9.23. The van der Waals surface area contributed by atoms with Crippen LogP contribution in [-0.4, -0.2) is 30.7 Å². The number of Topliss-reactive ketones (excluding diaryl/α,β-unsaturated/α-hetero) is 1. The van der Waals surface area contributed by atoms with E-state index in [1.54, 1.807) is 4.90 Å². The summed E-state index contributed by atoms with van der Waals surface area (Å²) in [5, 5.41) is 0. The Morgan fingerprint density at radius 1 is 1.25 bits per heavy atom. The van der Waals surface area contributed by atoms with Crippen molar-refractivity contribution in [1.82, 2.24) is 0 Å². The molecule has 1 saturated heterocycles. The molecule has 2 fully saturated rings. The van der Waals surface area contributed by atoms with Gasteiger partial charge in [0.15, 0.2) is 11.6 Å². The van der Waals surface area contributed by atoms with E-state index in [-0.39, 0.29) is 23.5 Å². The van der Waals surface area contributed by atoms with Crippen molar-refractivity contribution in [3.63, 3.8) is 0 Å². The van der Waals surface area contributed by atoms with Gasteiger partial charge in [-0.15, -0.1) is 0 Å². The normalized spacial score (nSPS) is 31.4. The van der Waals surface area contributed by atoms with E-state index in [1.165, 1.54) is 6.92 Å². The summed E-state index contributed by atoms with van der Waals surface area (Å²) in [6.07, 6.45) is 4.06. The number of amides is 1. The molecule has 0 bridgehead atoms. The predicted molar refractivity (Wildman–Crippen MR) is 110 cm³/mol. The number of halogens is 1. The number of benzene rings is 1. The molecule has 0 N–H and O–H groups in total. The van der Waals surface area contributed by atoms with Gasteiger partial charge < -0.3 is 9.47 Å². The van der Waals surface area contributed by atoms with Crippen LogP contribution in [0.5, 0.6) is 0 Å². The highest BCUT2D eigenvalue weighted by atomic mass is 79.9. The maximum Gasteiger partial charge on any atom is 0.228 e. The first-order valence-electron chi connectivity index (χ1n) is 9.88. The molecule has 0 aromatic heterocycles. The van der Waals surface area contributed by atoms with Gasteiger partial charge in [-0.05, 0) is 37.0 Å². The van der Waals surface area contributed by atoms with E-state index in [9.17, 15) is 9.59 Å². The second kappa shape index (κ2) is 7.08. The van der Waals surface area contributed by atoms with Crippen molar-refractivity contribution in [2.75, 3.05) is 18.1 Å². The Kier molecular flexibility index (Phi) is 5.01. The topological polar surface area (TPSA) is 55.8 Å². The van der Waals surface area contributed by atoms with Crippen molar-refractivity contribution in [2.24, 2.45) is 17.3 Å². The second-order valence-electron chi connectivity index (χ2n) is 8.31. The van der Waals surface area contributed by atoms with Crippen LogP contribution in [0.1, 0.15) is 40.0 Å². The molecule has 1 heterocycles. The molecule has 4 rings (SSSR count). The number of carbonyl (C=O) groups excluding carboxylic acids is 2. The molecule has 1 amide bonds. The lowest BCUT2D eigenvalue weighted by atomic mass is 9.55. The molecule has 1 aromatic rings. The summed E-state index contributed by atoms with van der Waals surface area (Å²) in [7, 11) is 0. The van der Waals surface area contributed by atoms with Gasteiger partial charge in [-0.2, -0.15) is 0 Å². The molecule has 2 aliphatic carbocycles. The number of hydrogen-bond acceptors (Lipinski definition) is 4. The Bertz CT molecular complexity index is 845. The number of nitrogens with zero attached hydrogens (tertiary/aromatic N) is 1. The number of fused-ring (bicyclic) bond motifs is 1. The zero-order chi connectivity index (χ0) is 20.1. The van der Waals surface area contributed by atoms with Gasteiger partial charge in [-0.25, -0.2) is 0 Å². The van der Waals surface area contributed by atoms with E-state index in [0.717, 1.165) is 10.9 Å². The molecule has 1 spiro atoms. The Hall–Kier alpha value is -1.50. The molecular formula is C22H26BrNO4. The quantitative estimate of drug-likeness (QED) is 0.671. The van der Waals surface area contributed by atoms with Crippen LogP contribution < -0.4 is 4.90 Å². The number of rotatable bonds is 2. The van der Waals surface area contributed by atoms with Gasteiger partial charge in [0.25, 0.3) is 0 Å². The third-order valence-electron chi connectivity index (χ3n) is 6.82. The Balaban J connectivity index is 1.71. The Morgan fingerprint density at radius 3 is 2.61 bits per heavy atom. The molecule has 1 saturated carbocycles. The fourth-order valence-corrected chi connectivity index (χ4v) is 5.64. The fourth-order valence-electron chi connectivity index (χ4n) is 5.25. The van der Waals surface area contributed by atoms with Crippen LogP contribution in [0, 0.1) is 17.3 Å². The maximum atomic E-state index is 13.7. The standard InChI is InChI=1S/C22H26BrNO4/c1-14-18-7-8-19(24(15(2)25)17-6-4-5-16(23)13-17)20(26)21(18,3)9-10-22(14)27-11-12-28-22/h4-6,8,13-14,18H,7,9-12H2,1-3H3/t14-,18-,21-/m0/s1. The number of allylic oxidation sites excluding steroid dienone is 2. The van der Waals surface area contributed by atoms with Crippen molar-refractivity contribution < 1.29 is 19.1 Å². The first kappa shape index (κ1) is 19.8. The third-order valence-corrected chi connectivity index (χ3v) is 7.32. The summed E-state index contributed by atoms with van der Waals surface area (Å²) in [6.45, 7) is 6.91. The summed E-state index contributed by atoms with van der Waals surface area (Å²) in [5.74, 6) is -0.430. The minimum Gasteiger partial charge on any atom is -0.347 e. The van der Waals surface area contributed by atoms with Crippen molar-refractivity contribution in [2.45, 2.75) is 45.8 Å². The molecule has 6 heteroatoms. The predicted octanol–water partition coefficient (Wildman–Crippen LogP) is 4.45. The van der Waals surface area contributed by atoms with E-state index in [2.05, 4.69) is 22.9 Å². The van der Waals surface area contributed by atoms with Crippen LogP contribution in [0.15, 0.2) is 40.5 Å². The van der Waals surface area contributed by atoms with Crippen LogP contribution in [0.25, 0.3) is 0 Å². The monoisotopic (exact) mass is 447 g/mol. The van der Waals surface area contributed by atoms with Gasteiger partial charge in [0, 0.05) is 29.2 Å². The van der Waals surface area contributed by atoms with Crippen LogP contribution >= 0.6 is 15.9 Å². The van der Waals surface area contributed by atoms with Crippen molar-refractivity contribution in [1.29, 1.82) is 0 Å². The van der Waals surface area contributed by atoms with Crippen LogP contribution in [0.3, 0.4) is 0 Å². The lowest BCUT2D eigenvalue weighted by Crippen LogP contribution is -2.57. The van der Waals surface area contributed by atoms with Crippen LogP contribution in [0.4, 0.5) is 5.69 Å². The third kappa shape index (κ3) is 2.97. The molecular weight excluding hydrogens is 422 g/mol. The SMILES string of the molecule is CC(=O)N(C1=CC[C@H]2[C@H](C)C3(CC[C@]2(C)C1=O)OCCO3)c1cccc(Br)c1. The van der Waals surface area contributed by atoms with Crippen LogP contribution in [0.2, 0.25) is 0 Å². The zero-order valence-corrected chi connectivity index (χ0v) is 18.1. The fraction of sp³-hybridized carbons (Fsp3) is 0.545. The minimum absolute atomic E-state index is 0.0404. The smallest absolute Gasteiger partial charge is 0.228 e. The molecule has 150 valence electrons. The molecule has 3 atom stereocenters. The first-order valence-corrected chi connectivity index (χ1v) is 10.7. The average molecular weight is 448 g/mol. The molecule has 0 radical (unpaired) electrons. The lowest BCUT2D eigenvalue weighted by Gasteiger charge is -2.53. The Labute approximate surface area is 174 Å². The summed E-state index contributed by atoms with van der Waals surface area (Å²) < 4.78 is 12.9. The van der Waals surface area contributed by atoms with Gasteiger partial charge in [-0.3, -0.25) is 14.5 Å². The highest BCUT2D eigenvalue weighted by Crippen LogP contribution is 2.56. The number of ether oxygens (including phenoxy) is 2. The molecule has 28 heavy (non-hydrogen) atoms. The highest BCUT2D eigenvalue weighted by molar-refractivity contribution is 9.10. The van der Waals surface area contributed by atoms with Gasteiger partial charge in [0.05, 0.1) is 24.6 Å². The Morgan fingerprint density at radius 2 is 1.96 bits per heavy atom. The van der Waals surface area contributed by atoms with Gasteiger partial charge in [0.2, 0.25) is 5.91 Å². The summed E-state index contributed by atoms with van der Waals surface area (Å²) in [5.41, 5.74) is 0.663. The molecule has 0 unspecified atom stereocenters. The van der Waals surface area contributed by atoms with E-state index in [4.69, 9.17) is 9.47 Å². The van der Waals surface area contributed by atoms with Gasteiger partial charge in [0.1, 0.15) is 0 Å². The molecule has 1 aromatic carbocycles. The van der Waals surface area contributed by atoms with Crippen LogP contribution in [-0.2, 0) is 19.1 Å². The average Bonchev–Trinajstić information content (AvgIpc) is 3.12. The molecule has 1 aliphatic heterocycles. The van der Waals surface area contributed by atoms with E-state index in [0.29, 0.717) is 37.4 Å². The number of ketones is 1. The van der Waals surface area contributed by atoms with E-state index in [1.807, 2.05) is 37.3 Å². The number of anilines is 1. The van der Waals surface area contributed by atoms with Gasteiger partial charge >= 0.3 is 0 Å². The highest BCUT2D eigenvalue weighted by Gasteiger charge is 2.59. The zero-order valence-electron chi connectivity index (χ0n) is 16.5. The minimum atomic E-state index is -0.555. The summed E-state index contributed by atoms with van der Waals surface area (Å²) in [4.78, 5) is 27.7. The lowest BCUT2D eigenvalue weighted by molar-refractivity contribution is -0.239. The van der Waals surface area contributed by atoms with E-state index < -0.39 is 11.2 Å². The van der Waals surface area contributed by atoms with Crippen molar-refractivity contribution in [3.8, 4) is 0 Å². The molecule has 5 nitrogen and oxygen atoms in total. The first-order chi connectivity index (χ1) is 13.3. The maximum absolute atomic E-state index is 13.7. The summed E-state index contributed by atoms with van der Waals surface area (Å²) >= 11 is 3.46. The van der Waals surface area contributed by atoms with Gasteiger partial charge in [-0.1, -0.05) is 41.9 Å². The number of carbonyl (C=O) groups is 2. The van der Waals surface area contributed by atoms with Crippen molar-refractivity contribution >= 4 is 33.3 Å². The van der Waals surface area contributed by atoms with E-state index >= 15 is 0 Å². The summed E-state index contributed by atoms with van der Waals surface area (Å²) in [6, 6.07) is 7.49. The van der Waals surface area contributed by atoms with Crippen molar-refractivity contribution in [3.05, 3.63) is 40.5 Å².